The van der Waals surface area contributed by atoms with Crippen LogP contribution < -0.4 is 21.0 Å². The molecule has 4 heterocycles. The SMILES string of the molecule is O=C(Nc1cccc2c1C(=O)c1c-2n[nH]c1-c1ccc(C(=O)NCC[NH+]2CCOCC2)s1)NN1CCOCC1. The topological polar surface area (TPSA) is 142 Å². The molecule has 12 nitrogen and oxygen atoms in total. The number of carbonyl (C=O) groups excluding carboxylic acids is 3. The van der Waals surface area contributed by atoms with Crippen molar-refractivity contribution in [3.05, 3.63) is 46.3 Å². The maximum atomic E-state index is 13.6. The Morgan fingerprint density at radius 3 is 2.67 bits per heavy atom. The molecule has 2 aromatic heterocycles. The minimum atomic E-state index is -0.423. The summed E-state index contributed by atoms with van der Waals surface area (Å²) in [7, 11) is 0. The Morgan fingerprint density at radius 2 is 1.85 bits per heavy atom. The van der Waals surface area contributed by atoms with E-state index >= 15 is 0 Å². The molecular formula is C26H30N7O5S+. The van der Waals surface area contributed by atoms with E-state index < -0.39 is 6.03 Å². The van der Waals surface area contributed by atoms with Crippen LogP contribution in [0.15, 0.2) is 30.3 Å². The van der Waals surface area contributed by atoms with Gasteiger partial charge in [-0.25, -0.2) is 9.80 Å². The second kappa shape index (κ2) is 11.2. The number of hydrazine groups is 1. The first kappa shape index (κ1) is 25.6. The second-order valence-electron chi connectivity index (χ2n) is 9.58. The molecular weight excluding hydrogens is 522 g/mol. The summed E-state index contributed by atoms with van der Waals surface area (Å²) in [5.41, 5.74) is 5.82. The third kappa shape index (κ3) is 5.31. The highest BCUT2D eigenvalue weighted by atomic mass is 32.1. The van der Waals surface area contributed by atoms with E-state index in [0.29, 0.717) is 71.5 Å². The lowest BCUT2D eigenvalue weighted by Gasteiger charge is -2.27. The Hall–Kier alpha value is -3.62. The summed E-state index contributed by atoms with van der Waals surface area (Å²) in [5, 5.41) is 15.0. The number of quaternary nitrogens is 1. The average Bonchev–Trinajstić information content (AvgIpc) is 3.67. The van der Waals surface area contributed by atoms with Crippen molar-refractivity contribution in [2.24, 2.45) is 0 Å². The van der Waals surface area contributed by atoms with Gasteiger partial charge in [-0.2, -0.15) is 5.10 Å². The number of rotatable bonds is 7. The monoisotopic (exact) mass is 552 g/mol. The van der Waals surface area contributed by atoms with Gasteiger partial charge in [-0.1, -0.05) is 12.1 Å². The van der Waals surface area contributed by atoms with Crippen LogP contribution in [0.1, 0.15) is 25.6 Å². The van der Waals surface area contributed by atoms with Gasteiger partial charge < -0.3 is 25.0 Å². The Morgan fingerprint density at radius 1 is 1.05 bits per heavy atom. The number of benzene rings is 1. The number of ether oxygens (including phenoxy) is 2. The van der Waals surface area contributed by atoms with Gasteiger partial charge in [0.05, 0.1) is 71.8 Å². The summed E-state index contributed by atoms with van der Waals surface area (Å²) in [4.78, 5) is 41.7. The molecule has 5 N–H and O–H groups in total. The number of fused-ring (bicyclic) bond motifs is 3. The Bertz CT molecular complexity index is 1390. The highest BCUT2D eigenvalue weighted by molar-refractivity contribution is 7.17. The van der Waals surface area contributed by atoms with Crippen LogP contribution >= 0.6 is 11.3 Å². The summed E-state index contributed by atoms with van der Waals surface area (Å²) >= 11 is 1.31. The van der Waals surface area contributed by atoms with Crippen molar-refractivity contribution in [2.75, 3.05) is 71.0 Å². The highest BCUT2D eigenvalue weighted by Gasteiger charge is 2.35. The van der Waals surface area contributed by atoms with Crippen molar-refractivity contribution < 1.29 is 28.8 Å². The number of aromatic nitrogens is 2. The van der Waals surface area contributed by atoms with E-state index in [0.717, 1.165) is 37.7 Å². The van der Waals surface area contributed by atoms with E-state index in [1.807, 2.05) is 12.1 Å². The van der Waals surface area contributed by atoms with E-state index in [-0.39, 0.29) is 11.7 Å². The molecule has 0 unspecified atom stereocenters. The van der Waals surface area contributed by atoms with Gasteiger partial charge in [0.25, 0.3) is 5.91 Å². The number of hydrogen-bond acceptors (Lipinski definition) is 8. The predicted molar refractivity (Wildman–Crippen MR) is 144 cm³/mol. The van der Waals surface area contributed by atoms with E-state index in [1.54, 1.807) is 23.2 Å². The molecule has 0 atom stereocenters. The highest BCUT2D eigenvalue weighted by Crippen LogP contribution is 2.44. The normalized spacial score (nSPS) is 17.5. The summed E-state index contributed by atoms with van der Waals surface area (Å²) in [6, 6.07) is 8.47. The molecule has 204 valence electrons. The third-order valence-electron chi connectivity index (χ3n) is 7.10. The first-order valence-electron chi connectivity index (χ1n) is 13.0. The summed E-state index contributed by atoms with van der Waals surface area (Å²) in [5.74, 6) is -0.360. The number of nitrogens with zero attached hydrogens (tertiary/aromatic N) is 2. The van der Waals surface area contributed by atoms with Crippen LogP contribution in [0.25, 0.3) is 21.8 Å². The van der Waals surface area contributed by atoms with Crippen LogP contribution in [0.3, 0.4) is 0 Å². The smallest absolute Gasteiger partial charge is 0.333 e. The van der Waals surface area contributed by atoms with Crippen molar-refractivity contribution in [1.82, 2.24) is 25.9 Å². The number of ketones is 1. The predicted octanol–water partition coefficient (Wildman–Crippen LogP) is 0.363. The first-order valence-corrected chi connectivity index (χ1v) is 13.9. The molecule has 2 fully saturated rings. The number of morpholine rings is 2. The van der Waals surface area contributed by atoms with Gasteiger partial charge in [-0.05, 0) is 18.2 Å². The fourth-order valence-electron chi connectivity index (χ4n) is 5.07. The van der Waals surface area contributed by atoms with Crippen molar-refractivity contribution in [2.45, 2.75) is 0 Å². The Balaban J connectivity index is 1.14. The second-order valence-corrected chi connectivity index (χ2v) is 10.7. The standard InChI is InChI=1S/C26H29N7O5S/c34-24-20-16(2-1-3-17(20)28-26(36)31-33-10-14-38-15-11-33)22-21(24)23(30-29-22)18-4-5-19(39-18)25(35)27-6-7-32-8-12-37-13-9-32/h1-5H,6-15H2,(H,27,35)(H,29,30)(H2,28,31,36)/p+1. The van der Waals surface area contributed by atoms with Crippen LogP contribution in [-0.4, -0.2) is 98.6 Å². The number of H-pyrrole nitrogens is 1. The van der Waals surface area contributed by atoms with Gasteiger partial charge in [-0.3, -0.25) is 20.1 Å². The number of urea groups is 1. The number of carbonyl (C=O) groups is 3. The van der Waals surface area contributed by atoms with Crippen LogP contribution in [0.2, 0.25) is 0 Å². The molecule has 2 aliphatic heterocycles. The zero-order chi connectivity index (χ0) is 26.8. The lowest BCUT2D eigenvalue weighted by Crippen LogP contribution is -3.14. The lowest BCUT2D eigenvalue weighted by atomic mass is 10.1. The molecule has 1 aliphatic carbocycles. The molecule has 6 rings (SSSR count). The number of anilines is 1. The lowest BCUT2D eigenvalue weighted by molar-refractivity contribution is -0.906. The Labute approximate surface area is 228 Å². The van der Waals surface area contributed by atoms with Crippen LogP contribution in [0.5, 0.6) is 0 Å². The quantitative estimate of drug-likeness (QED) is 0.223. The third-order valence-corrected chi connectivity index (χ3v) is 8.20. The fraction of sp³-hybridized carbons (Fsp3) is 0.385. The van der Waals surface area contributed by atoms with Crippen LogP contribution in [0.4, 0.5) is 10.5 Å². The van der Waals surface area contributed by atoms with Gasteiger partial charge in [0.1, 0.15) is 18.8 Å². The summed E-state index contributed by atoms with van der Waals surface area (Å²) in [6.07, 6.45) is 0. The summed E-state index contributed by atoms with van der Waals surface area (Å²) < 4.78 is 10.7. The summed E-state index contributed by atoms with van der Waals surface area (Å²) in [6.45, 7) is 7.14. The molecule has 0 spiro atoms. The average molecular weight is 553 g/mol. The van der Waals surface area contributed by atoms with Crippen molar-refractivity contribution in [1.29, 1.82) is 0 Å². The number of hydrogen-bond donors (Lipinski definition) is 5. The maximum Gasteiger partial charge on any atom is 0.333 e. The molecule has 3 amide bonds. The van der Waals surface area contributed by atoms with E-state index in [4.69, 9.17) is 9.47 Å². The molecule has 3 aromatic rings. The maximum absolute atomic E-state index is 13.6. The molecule has 0 radical (unpaired) electrons. The number of amides is 3. The van der Waals surface area contributed by atoms with Crippen LogP contribution in [-0.2, 0) is 9.47 Å². The number of aromatic amines is 1. The molecule has 1 aromatic carbocycles. The van der Waals surface area contributed by atoms with Gasteiger partial charge in [0, 0.05) is 18.7 Å². The van der Waals surface area contributed by atoms with Crippen molar-refractivity contribution in [3.8, 4) is 21.8 Å². The molecule has 13 heteroatoms. The van der Waals surface area contributed by atoms with Gasteiger partial charge in [0.15, 0.2) is 5.78 Å². The largest absolute Gasteiger partial charge is 0.379 e. The molecule has 39 heavy (non-hydrogen) atoms. The fourth-order valence-corrected chi connectivity index (χ4v) is 6.00. The molecule has 3 aliphatic rings. The minimum Gasteiger partial charge on any atom is -0.379 e. The van der Waals surface area contributed by atoms with Gasteiger partial charge >= 0.3 is 6.03 Å². The van der Waals surface area contributed by atoms with E-state index in [9.17, 15) is 14.4 Å². The molecule has 0 saturated carbocycles. The number of nitrogens with one attached hydrogen (secondary N) is 5. The first-order chi connectivity index (χ1) is 19.1. The zero-order valence-electron chi connectivity index (χ0n) is 21.3. The van der Waals surface area contributed by atoms with Crippen molar-refractivity contribution >= 4 is 34.7 Å². The molecule has 0 bridgehead atoms. The van der Waals surface area contributed by atoms with E-state index in [2.05, 4.69) is 26.3 Å². The molecule has 2 saturated heterocycles. The zero-order valence-corrected chi connectivity index (χ0v) is 22.1. The van der Waals surface area contributed by atoms with Crippen molar-refractivity contribution in [3.63, 3.8) is 0 Å². The van der Waals surface area contributed by atoms with Crippen LogP contribution in [0, 0.1) is 0 Å². The van der Waals surface area contributed by atoms with E-state index in [1.165, 1.54) is 16.2 Å². The van der Waals surface area contributed by atoms with Gasteiger partial charge in [0.2, 0.25) is 0 Å². The number of thiophene rings is 1. The Kier molecular flexibility index (Phi) is 7.39. The van der Waals surface area contributed by atoms with Gasteiger partial charge in [-0.15, -0.1) is 11.3 Å². The minimum absolute atomic E-state index is 0.137.